The molecule has 1 nitrogen and oxygen atoms in total. The van der Waals surface area contributed by atoms with Crippen LogP contribution in [0.15, 0.2) is 0 Å². The van der Waals surface area contributed by atoms with Crippen molar-refractivity contribution in [2.45, 2.75) is 46.1 Å². The number of hydrogen-bond acceptors (Lipinski definition) is 2. The van der Waals surface area contributed by atoms with Crippen molar-refractivity contribution in [3.8, 4) is 0 Å². The third-order valence-corrected chi connectivity index (χ3v) is 3.64. The molecular weight excluding hydrogens is 178 g/mol. The molecule has 0 bridgehead atoms. The summed E-state index contributed by atoms with van der Waals surface area (Å²) in [5.74, 6) is 1.81. The zero-order chi connectivity index (χ0) is 9.90. The molecule has 0 aromatic rings. The maximum atomic E-state index is 4.35. The summed E-state index contributed by atoms with van der Waals surface area (Å²) in [6.45, 7) is 8.22. The van der Waals surface area contributed by atoms with Crippen LogP contribution in [0.5, 0.6) is 0 Å². The molecule has 0 aromatic carbocycles. The van der Waals surface area contributed by atoms with Crippen LogP contribution in [0.4, 0.5) is 0 Å². The Morgan fingerprint density at radius 1 is 1.31 bits per heavy atom. The van der Waals surface area contributed by atoms with Crippen LogP contribution in [-0.2, 0) is 0 Å². The first-order chi connectivity index (χ1) is 6.04. The third-order valence-electron chi connectivity index (χ3n) is 3.20. The Morgan fingerprint density at radius 2 is 2.00 bits per heavy atom. The van der Waals surface area contributed by atoms with E-state index < -0.39 is 0 Å². The molecule has 1 aliphatic rings. The van der Waals surface area contributed by atoms with E-state index in [0.29, 0.717) is 11.5 Å². The molecule has 1 fully saturated rings. The molecule has 1 N–H and O–H groups in total. The fraction of sp³-hybridized carbons (Fsp3) is 1.00. The predicted octanol–water partition coefficient (Wildman–Crippen LogP) is 2.72. The van der Waals surface area contributed by atoms with Crippen LogP contribution in [0.3, 0.4) is 0 Å². The Morgan fingerprint density at radius 3 is 2.54 bits per heavy atom. The third kappa shape index (κ3) is 3.51. The smallest absolute Gasteiger partial charge is 0.0155 e. The molecule has 1 aliphatic heterocycles. The van der Waals surface area contributed by atoms with Gasteiger partial charge in [0.05, 0.1) is 0 Å². The van der Waals surface area contributed by atoms with Gasteiger partial charge in [0.1, 0.15) is 0 Å². The van der Waals surface area contributed by atoms with E-state index in [1.54, 1.807) is 0 Å². The van der Waals surface area contributed by atoms with Gasteiger partial charge in [0.15, 0.2) is 0 Å². The van der Waals surface area contributed by atoms with Crippen molar-refractivity contribution in [1.82, 2.24) is 5.32 Å². The number of nitrogens with one attached hydrogen (secondary N) is 1. The monoisotopic (exact) mass is 201 g/mol. The van der Waals surface area contributed by atoms with Gasteiger partial charge in [0.2, 0.25) is 0 Å². The van der Waals surface area contributed by atoms with E-state index in [1.165, 1.54) is 25.8 Å². The van der Waals surface area contributed by atoms with Crippen molar-refractivity contribution in [3.63, 3.8) is 0 Å². The SMILES string of the molecule is CC(C)(C)[C@@H]1CCC[C@@H](CS)NC1. The van der Waals surface area contributed by atoms with Crippen LogP contribution in [0.2, 0.25) is 0 Å². The number of hydrogen-bond donors (Lipinski definition) is 2. The molecule has 0 aromatic heterocycles. The average molecular weight is 201 g/mol. The zero-order valence-electron chi connectivity index (χ0n) is 9.14. The Balaban J connectivity index is 2.45. The van der Waals surface area contributed by atoms with Crippen LogP contribution in [-0.4, -0.2) is 18.3 Å². The van der Waals surface area contributed by atoms with E-state index in [0.717, 1.165) is 11.7 Å². The van der Waals surface area contributed by atoms with Gasteiger partial charge >= 0.3 is 0 Å². The number of thiol groups is 1. The first kappa shape index (κ1) is 11.4. The zero-order valence-corrected chi connectivity index (χ0v) is 10.0. The van der Waals surface area contributed by atoms with E-state index in [9.17, 15) is 0 Å². The maximum Gasteiger partial charge on any atom is 0.0155 e. The summed E-state index contributed by atoms with van der Waals surface area (Å²) in [6, 6.07) is 0.649. The first-order valence-electron chi connectivity index (χ1n) is 5.38. The van der Waals surface area contributed by atoms with Gasteiger partial charge in [-0.05, 0) is 30.7 Å². The lowest BCUT2D eigenvalue weighted by molar-refractivity contribution is 0.226. The second-order valence-electron chi connectivity index (χ2n) is 5.28. The maximum absolute atomic E-state index is 4.35. The van der Waals surface area contributed by atoms with Gasteiger partial charge in [-0.25, -0.2) is 0 Å². The lowest BCUT2D eigenvalue weighted by Crippen LogP contribution is -2.35. The predicted molar refractivity (Wildman–Crippen MR) is 62.4 cm³/mol. The standard InChI is InChI=1S/C11H23NS/c1-11(2,3)9-5-4-6-10(8-13)12-7-9/h9-10,12-13H,4-8H2,1-3H3/t9-,10+/m1/s1. The molecule has 0 spiro atoms. The van der Waals surface area contributed by atoms with Crippen molar-refractivity contribution in [1.29, 1.82) is 0 Å². The summed E-state index contributed by atoms with van der Waals surface area (Å²) in [5.41, 5.74) is 0.457. The average Bonchev–Trinajstić information content (AvgIpc) is 2.26. The van der Waals surface area contributed by atoms with E-state index in [-0.39, 0.29) is 0 Å². The minimum absolute atomic E-state index is 0.457. The molecule has 0 radical (unpaired) electrons. The van der Waals surface area contributed by atoms with Crippen molar-refractivity contribution < 1.29 is 0 Å². The second-order valence-corrected chi connectivity index (χ2v) is 5.65. The Kier molecular flexibility index (Phi) is 4.11. The van der Waals surface area contributed by atoms with Crippen molar-refractivity contribution in [2.75, 3.05) is 12.3 Å². The van der Waals surface area contributed by atoms with E-state index in [4.69, 9.17) is 0 Å². The lowest BCUT2D eigenvalue weighted by Gasteiger charge is -2.29. The Bertz CT molecular complexity index is 151. The summed E-state index contributed by atoms with van der Waals surface area (Å²) in [4.78, 5) is 0. The molecule has 1 heterocycles. The van der Waals surface area contributed by atoms with Gasteiger partial charge in [-0.2, -0.15) is 12.6 Å². The highest BCUT2D eigenvalue weighted by atomic mass is 32.1. The van der Waals surface area contributed by atoms with Gasteiger partial charge in [-0.15, -0.1) is 0 Å². The molecular formula is C11H23NS. The summed E-state index contributed by atoms with van der Waals surface area (Å²) < 4.78 is 0. The number of rotatable bonds is 1. The quantitative estimate of drug-likeness (QED) is 0.622. The summed E-state index contributed by atoms with van der Waals surface area (Å²) in [7, 11) is 0. The highest BCUT2D eigenvalue weighted by Crippen LogP contribution is 2.31. The van der Waals surface area contributed by atoms with Gasteiger partial charge in [-0.3, -0.25) is 0 Å². The van der Waals surface area contributed by atoms with Crippen LogP contribution in [0.25, 0.3) is 0 Å². The topological polar surface area (TPSA) is 12.0 Å². The van der Waals surface area contributed by atoms with E-state index in [1.807, 2.05) is 0 Å². The van der Waals surface area contributed by atoms with Gasteiger partial charge < -0.3 is 5.32 Å². The van der Waals surface area contributed by atoms with Crippen LogP contribution in [0, 0.1) is 11.3 Å². The fourth-order valence-electron chi connectivity index (χ4n) is 2.02. The highest BCUT2D eigenvalue weighted by molar-refractivity contribution is 7.80. The van der Waals surface area contributed by atoms with E-state index >= 15 is 0 Å². The summed E-state index contributed by atoms with van der Waals surface area (Å²) in [5, 5.41) is 3.61. The molecule has 2 atom stereocenters. The van der Waals surface area contributed by atoms with Crippen molar-refractivity contribution in [2.24, 2.45) is 11.3 Å². The minimum atomic E-state index is 0.457. The molecule has 0 amide bonds. The normalized spacial score (nSPS) is 31.4. The van der Waals surface area contributed by atoms with Gasteiger partial charge in [0.25, 0.3) is 0 Å². The van der Waals surface area contributed by atoms with Crippen LogP contribution in [0.1, 0.15) is 40.0 Å². The molecule has 0 saturated carbocycles. The molecule has 0 unspecified atom stereocenters. The molecule has 1 saturated heterocycles. The first-order valence-corrected chi connectivity index (χ1v) is 6.01. The second kappa shape index (κ2) is 4.70. The van der Waals surface area contributed by atoms with Gasteiger partial charge in [0, 0.05) is 11.8 Å². The fourth-order valence-corrected chi connectivity index (χ4v) is 2.33. The molecule has 13 heavy (non-hydrogen) atoms. The molecule has 0 aliphatic carbocycles. The Hall–Kier alpha value is 0.310. The van der Waals surface area contributed by atoms with Crippen LogP contribution >= 0.6 is 12.6 Å². The largest absolute Gasteiger partial charge is 0.313 e. The molecule has 1 rings (SSSR count). The summed E-state index contributed by atoms with van der Waals surface area (Å²) in [6.07, 6.45) is 4.04. The van der Waals surface area contributed by atoms with Gasteiger partial charge in [-0.1, -0.05) is 27.2 Å². The van der Waals surface area contributed by atoms with E-state index in [2.05, 4.69) is 38.7 Å². The molecule has 78 valence electrons. The minimum Gasteiger partial charge on any atom is -0.313 e. The highest BCUT2D eigenvalue weighted by Gasteiger charge is 2.26. The van der Waals surface area contributed by atoms with Crippen molar-refractivity contribution >= 4 is 12.6 Å². The van der Waals surface area contributed by atoms with Crippen molar-refractivity contribution in [3.05, 3.63) is 0 Å². The van der Waals surface area contributed by atoms with Crippen LogP contribution < -0.4 is 5.32 Å². The summed E-state index contributed by atoms with van der Waals surface area (Å²) >= 11 is 4.35. The lowest BCUT2D eigenvalue weighted by atomic mass is 9.78. The molecule has 2 heteroatoms. The Labute approximate surface area is 88.1 Å².